The second-order valence-corrected chi connectivity index (χ2v) is 9.53. The van der Waals surface area contributed by atoms with Gasteiger partial charge in [-0.15, -0.1) is 0 Å². The summed E-state index contributed by atoms with van der Waals surface area (Å²) < 4.78 is 7.10. The summed E-state index contributed by atoms with van der Waals surface area (Å²) in [4.78, 5) is 18.7. The average molecular weight is 532 g/mol. The Morgan fingerprint density at radius 3 is 2.68 bits per heavy atom. The summed E-state index contributed by atoms with van der Waals surface area (Å²) in [6, 6.07) is 23.4. The van der Waals surface area contributed by atoms with Crippen molar-refractivity contribution in [2.45, 2.75) is 19.0 Å². The second-order valence-electron chi connectivity index (χ2n) is 8.73. The van der Waals surface area contributed by atoms with E-state index in [2.05, 4.69) is 56.4 Å². The highest BCUT2D eigenvalue weighted by Gasteiger charge is 2.42. The molecule has 3 heterocycles. The molecule has 0 saturated carbocycles. The van der Waals surface area contributed by atoms with Crippen LogP contribution in [0.1, 0.15) is 29.0 Å². The van der Waals surface area contributed by atoms with E-state index in [0.29, 0.717) is 15.8 Å². The summed E-state index contributed by atoms with van der Waals surface area (Å²) in [5, 5.41) is 7.22. The topological polar surface area (TPSA) is 71.4 Å². The van der Waals surface area contributed by atoms with Gasteiger partial charge in [0.25, 0.3) is 0 Å². The number of pyridine rings is 1. The maximum atomic E-state index is 12.0. The first-order chi connectivity index (χ1) is 18.0. The number of anilines is 2. The quantitative estimate of drug-likeness (QED) is 0.303. The number of halogens is 1. The Balaban J connectivity index is 1.60. The number of hydrogen-bond donors (Lipinski definition) is 2. The van der Waals surface area contributed by atoms with Crippen molar-refractivity contribution in [3.05, 3.63) is 107 Å². The smallest absolute Gasteiger partial charge is 0.250 e. The van der Waals surface area contributed by atoms with E-state index in [4.69, 9.17) is 28.6 Å². The van der Waals surface area contributed by atoms with Crippen LogP contribution in [0.15, 0.2) is 85.2 Å². The molecule has 5 rings (SSSR count). The zero-order chi connectivity index (χ0) is 25.9. The average Bonchev–Trinajstić information content (AvgIpc) is 3.50. The number of carbonyl (C=O) groups excluding carboxylic acids is 1. The molecule has 7 nitrogen and oxygen atoms in total. The first kappa shape index (κ1) is 25.0. The van der Waals surface area contributed by atoms with Crippen LogP contribution in [-0.4, -0.2) is 34.3 Å². The van der Waals surface area contributed by atoms with Gasteiger partial charge in [-0.1, -0.05) is 35.9 Å². The molecule has 2 aromatic carbocycles. The minimum atomic E-state index is -0.278. The van der Waals surface area contributed by atoms with Crippen LogP contribution in [0.4, 0.5) is 11.4 Å². The van der Waals surface area contributed by atoms with E-state index >= 15 is 0 Å². The first-order valence-corrected chi connectivity index (χ1v) is 12.6. The number of amides is 1. The van der Waals surface area contributed by atoms with Crippen molar-refractivity contribution in [3.63, 3.8) is 0 Å². The molecule has 4 aromatic rings. The Hall–Kier alpha value is -3.72. The van der Waals surface area contributed by atoms with E-state index in [9.17, 15) is 4.79 Å². The molecule has 1 amide bonds. The monoisotopic (exact) mass is 531 g/mol. The molecule has 0 aliphatic carbocycles. The molecular formula is C28H26ClN5O2S. The van der Waals surface area contributed by atoms with Crippen molar-refractivity contribution in [1.82, 2.24) is 14.9 Å². The number of thiocarbonyl (C=S) groups is 1. The Labute approximate surface area is 226 Å². The highest BCUT2D eigenvalue weighted by atomic mass is 35.5. The number of carbonyl (C=O) groups is 1. The molecule has 2 aromatic heterocycles. The van der Waals surface area contributed by atoms with E-state index < -0.39 is 0 Å². The van der Waals surface area contributed by atoms with Crippen LogP contribution in [0, 0.1) is 6.92 Å². The molecule has 0 radical (unpaired) electrons. The molecule has 9 heteroatoms. The van der Waals surface area contributed by atoms with Crippen LogP contribution >= 0.6 is 23.8 Å². The van der Waals surface area contributed by atoms with Crippen molar-refractivity contribution >= 4 is 46.2 Å². The van der Waals surface area contributed by atoms with Gasteiger partial charge in [-0.3, -0.25) is 9.78 Å². The zero-order valence-electron chi connectivity index (χ0n) is 20.4. The standard InChI is InChI=1S/C28H26ClN5O2S/c1-18-8-3-4-10-23(18)33-15-7-11-24(33)27-26(22-9-5-6-14-30-22)32-28(37)34(27)19-12-13-21(20(29)16-19)31-25(35)17-36-2/h3-16,26-27H,17H2,1-2H3,(H,31,35)(H,32,37)/t26-,27-/m0/s1. The number of methoxy groups -OCH3 is 1. The van der Waals surface area contributed by atoms with Gasteiger partial charge in [0.1, 0.15) is 12.6 Å². The van der Waals surface area contributed by atoms with E-state index in [1.54, 1.807) is 12.3 Å². The number of ether oxygens (including phenoxy) is 1. The van der Waals surface area contributed by atoms with Gasteiger partial charge in [0.2, 0.25) is 5.91 Å². The van der Waals surface area contributed by atoms with Gasteiger partial charge >= 0.3 is 0 Å². The van der Waals surface area contributed by atoms with Crippen LogP contribution in [0.25, 0.3) is 5.69 Å². The number of rotatable bonds is 7. The van der Waals surface area contributed by atoms with Gasteiger partial charge < -0.3 is 24.8 Å². The molecule has 1 fully saturated rings. The number of benzene rings is 2. The number of aromatic nitrogens is 2. The lowest BCUT2D eigenvalue weighted by Crippen LogP contribution is -2.30. The molecule has 2 N–H and O–H groups in total. The van der Waals surface area contributed by atoms with E-state index in [1.807, 2.05) is 48.5 Å². The first-order valence-electron chi connectivity index (χ1n) is 11.8. The van der Waals surface area contributed by atoms with Gasteiger partial charge in [0, 0.05) is 36.6 Å². The fraction of sp³-hybridized carbons (Fsp3) is 0.179. The number of hydrogen-bond acceptors (Lipinski definition) is 4. The lowest BCUT2D eigenvalue weighted by Gasteiger charge is -2.29. The van der Waals surface area contributed by atoms with Gasteiger partial charge in [-0.2, -0.15) is 0 Å². The molecular weight excluding hydrogens is 506 g/mol. The number of nitrogens with zero attached hydrogens (tertiary/aromatic N) is 3. The van der Waals surface area contributed by atoms with Gasteiger partial charge in [-0.25, -0.2) is 0 Å². The van der Waals surface area contributed by atoms with Crippen molar-refractivity contribution in [2.24, 2.45) is 0 Å². The molecule has 0 unspecified atom stereocenters. The minimum Gasteiger partial charge on any atom is -0.375 e. The lowest BCUT2D eigenvalue weighted by atomic mass is 10.0. The Morgan fingerprint density at radius 2 is 1.95 bits per heavy atom. The Morgan fingerprint density at radius 1 is 1.14 bits per heavy atom. The summed E-state index contributed by atoms with van der Waals surface area (Å²) >= 11 is 12.5. The van der Waals surface area contributed by atoms with Crippen LogP contribution in [0.3, 0.4) is 0 Å². The normalized spacial score (nSPS) is 17.1. The van der Waals surface area contributed by atoms with Crippen molar-refractivity contribution in [3.8, 4) is 5.69 Å². The fourth-order valence-electron chi connectivity index (χ4n) is 4.69. The summed E-state index contributed by atoms with van der Waals surface area (Å²) in [5.41, 5.74) is 5.48. The van der Waals surface area contributed by atoms with Crippen molar-refractivity contribution in [1.29, 1.82) is 0 Å². The molecule has 188 valence electrons. The van der Waals surface area contributed by atoms with E-state index in [-0.39, 0.29) is 24.6 Å². The van der Waals surface area contributed by atoms with Crippen LogP contribution in [0.5, 0.6) is 0 Å². The Bertz CT molecular complexity index is 1440. The molecule has 1 saturated heterocycles. The van der Waals surface area contributed by atoms with E-state index in [0.717, 1.165) is 28.3 Å². The zero-order valence-corrected chi connectivity index (χ0v) is 22.0. The number of para-hydroxylation sites is 1. The van der Waals surface area contributed by atoms with Crippen LogP contribution < -0.4 is 15.5 Å². The van der Waals surface area contributed by atoms with Crippen LogP contribution in [-0.2, 0) is 9.53 Å². The Kier molecular flexibility index (Phi) is 7.23. The van der Waals surface area contributed by atoms with E-state index in [1.165, 1.54) is 7.11 Å². The van der Waals surface area contributed by atoms with Gasteiger partial charge in [-0.05, 0) is 73.2 Å². The number of nitrogens with one attached hydrogen (secondary N) is 2. The van der Waals surface area contributed by atoms with Gasteiger partial charge in [0.15, 0.2) is 5.11 Å². The maximum Gasteiger partial charge on any atom is 0.250 e. The minimum absolute atomic E-state index is 0.0536. The molecule has 1 aliphatic heterocycles. The summed E-state index contributed by atoms with van der Waals surface area (Å²) in [5.74, 6) is -0.278. The lowest BCUT2D eigenvalue weighted by molar-refractivity contribution is -0.119. The predicted molar refractivity (Wildman–Crippen MR) is 150 cm³/mol. The summed E-state index contributed by atoms with van der Waals surface area (Å²) in [6.45, 7) is 2.04. The molecule has 2 atom stereocenters. The van der Waals surface area contributed by atoms with Crippen molar-refractivity contribution in [2.75, 3.05) is 23.9 Å². The van der Waals surface area contributed by atoms with Crippen molar-refractivity contribution < 1.29 is 9.53 Å². The third-order valence-corrected chi connectivity index (χ3v) is 6.96. The molecule has 0 spiro atoms. The van der Waals surface area contributed by atoms with Gasteiger partial charge in [0.05, 0.1) is 22.4 Å². The fourth-order valence-corrected chi connectivity index (χ4v) is 5.26. The highest BCUT2D eigenvalue weighted by Crippen LogP contribution is 2.43. The predicted octanol–water partition coefficient (Wildman–Crippen LogP) is 5.60. The van der Waals surface area contributed by atoms with Crippen LogP contribution in [0.2, 0.25) is 5.02 Å². The maximum absolute atomic E-state index is 12.0. The summed E-state index contributed by atoms with van der Waals surface area (Å²) in [6.07, 6.45) is 3.85. The third kappa shape index (κ3) is 4.96. The molecule has 37 heavy (non-hydrogen) atoms. The largest absolute Gasteiger partial charge is 0.375 e. The SMILES string of the molecule is COCC(=O)Nc1ccc(N2C(=S)N[C@@H](c3ccccn3)[C@@H]2c2cccn2-c2ccccc2C)cc1Cl. The second kappa shape index (κ2) is 10.7. The number of aryl methyl sites for hydroxylation is 1. The molecule has 1 aliphatic rings. The molecule has 0 bridgehead atoms. The summed E-state index contributed by atoms with van der Waals surface area (Å²) in [7, 11) is 1.47. The highest BCUT2D eigenvalue weighted by molar-refractivity contribution is 7.80. The third-order valence-electron chi connectivity index (χ3n) is 6.34.